The molecule has 0 spiro atoms. The van der Waals surface area contributed by atoms with Crippen LogP contribution in [0.3, 0.4) is 0 Å². The number of ketones is 1. The fourth-order valence-electron chi connectivity index (χ4n) is 1.45. The third kappa shape index (κ3) is 1.55. The van der Waals surface area contributed by atoms with Gasteiger partial charge in [0.1, 0.15) is 0 Å². The second kappa shape index (κ2) is 2.73. The maximum Gasteiger partial charge on any atom is 0.303 e. The maximum absolute atomic E-state index is 11.3. The van der Waals surface area contributed by atoms with E-state index in [9.17, 15) is 9.59 Å². The molecule has 66 valence electrons. The lowest BCUT2D eigenvalue weighted by molar-refractivity contribution is -0.160. The molecule has 1 unspecified atom stereocenters. The van der Waals surface area contributed by atoms with Gasteiger partial charge in [0.2, 0.25) is 0 Å². The highest BCUT2D eigenvalue weighted by Crippen LogP contribution is 2.29. The molecular weight excluding hydrogens is 156 g/mol. The van der Waals surface area contributed by atoms with Crippen molar-refractivity contribution in [1.29, 1.82) is 0 Å². The first-order valence-electron chi connectivity index (χ1n) is 3.85. The number of hydrogen-bond donors (Lipinski definition) is 0. The van der Waals surface area contributed by atoms with E-state index in [1.54, 1.807) is 6.92 Å². The Bertz CT molecular complexity index is 265. The zero-order chi connectivity index (χ0) is 9.35. The van der Waals surface area contributed by atoms with Gasteiger partial charge in [-0.15, -0.1) is 0 Å². The molecule has 1 atom stereocenters. The van der Waals surface area contributed by atoms with Gasteiger partial charge in [0.15, 0.2) is 11.4 Å². The minimum absolute atomic E-state index is 0.116. The summed E-state index contributed by atoms with van der Waals surface area (Å²) in [7, 11) is 0. The third-order valence-electron chi connectivity index (χ3n) is 1.88. The van der Waals surface area contributed by atoms with Gasteiger partial charge in [0, 0.05) is 13.3 Å². The first-order valence-corrected chi connectivity index (χ1v) is 3.85. The van der Waals surface area contributed by atoms with Crippen LogP contribution in [-0.2, 0) is 14.3 Å². The predicted molar refractivity (Wildman–Crippen MR) is 43.6 cm³/mol. The predicted octanol–water partition coefficient (Wildman–Crippen LogP) is 1.23. The van der Waals surface area contributed by atoms with E-state index in [1.807, 2.05) is 6.92 Å². The maximum atomic E-state index is 11.3. The highest BCUT2D eigenvalue weighted by molar-refractivity contribution is 6.01. The molecule has 1 aliphatic rings. The van der Waals surface area contributed by atoms with Crippen LogP contribution in [0.5, 0.6) is 0 Å². The van der Waals surface area contributed by atoms with Gasteiger partial charge in [-0.25, -0.2) is 0 Å². The summed E-state index contributed by atoms with van der Waals surface area (Å²) >= 11 is 0. The highest BCUT2D eigenvalue weighted by atomic mass is 16.6. The summed E-state index contributed by atoms with van der Waals surface area (Å²) in [6, 6.07) is 0. The van der Waals surface area contributed by atoms with Gasteiger partial charge in [-0.05, 0) is 19.9 Å². The molecule has 0 radical (unpaired) electrons. The Labute approximate surface area is 71.4 Å². The summed E-state index contributed by atoms with van der Waals surface area (Å²) in [5.74, 6) is -0.524. The Morgan fingerprint density at radius 3 is 2.58 bits per heavy atom. The lowest BCUT2D eigenvalue weighted by atomic mass is 10.0. The van der Waals surface area contributed by atoms with Gasteiger partial charge >= 0.3 is 5.97 Å². The van der Waals surface area contributed by atoms with E-state index in [1.165, 1.54) is 13.0 Å². The molecule has 0 aliphatic heterocycles. The molecule has 0 fully saturated rings. The van der Waals surface area contributed by atoms with E-state index in [2.05, 4.69) is 0 Å². The van der Waals surface area contributed by atoms with Gasteiger partial charge < -0.3 is 4.74 Å². The smallest absolute Gasteiger partial charge is 0.303 e. The highest BCUT2D eigenvalue weighted by Gasteiger charge is 2.39. The molecule has 12 heavy (non-hydrogen) atoms. The van der Waals surface area contributed by atoms with Crippen LogP contribution in [0.2, 0.25) is 0 Å². The van der Waals surface area contributed by atoms with Crippen LogP contribution in [0.25, 0.3) is 0 Å². The molecule has 0 saturated carbocycles. The van der Waals surface area contributed by atoms with Crippen molar-refractivity contribution in [3.05, 3.63) is 11.6 Å². The average Bonchev–Trinajstić information content (AvgIpc) is 2.04. The van der Waals surface area contributed by atoms with Crippen LogP contribution in [-0.4, -0.2) is 17.4 Å². The van der Waals surface area contributed by atoms with Gasteiger partial charge in [0.25, 0.3) is 0 Å². The first-order chi connectivity index (χ1) is 5.44. The monoisotopic (exact) mass is 168 g/mol. The number of rotatable bonds is 1. The number of carbonyl (C=O) groups is 2. The fraction of sp³-hybridized carbons (Fsp3) is 0.556. The summed E-state index contributed by atoms with van der Waals surface area (Å²) in [5, 5.41) is 0. The van der Waals surface area contributed by atoms with Gasteiger partial charge in [-0.3, -0.25) is 9.59 Å². The van der Waals surface area contributed by atoms with Crippen molar-refractivity contribution < 1.29 is 14.3 Å². The van der Waals surface area contributed by atoms with E-state index in [0.29, 0.717) is 6.42 Å². The van der Waals surface area contributed by atoms with Crippen molar-refractivity contribution in [2.75, 3.05) is 0 Å². The topological polar surface area (TPSA) is 43.4 Å². The van der Waals surface area contributed by atoms with Gasteiger partial charge in [-0.1, -0.05) is 5.57 Å². The third-order valence-corrected chi connectivity index (χ3v) is 1.88. The Morgan fingerprint density at radius 1 is 1.67 bits per heavy atom. The second-order valence-corrected chi connectivity index (χ2v) is 3.36. The van der Waals surface area contributed by atoms with E-state index < -0.39 is 11.6 Å². The van der Waals surface area contributed by atoms with E-state index >= 15 is 0 Å². The van der Waals surface area contributed by atoms with Crippen LogP contribution in [0.4, 0.5) is 0 Å². The fourth-order valence-corrected chi connectivity index (χ4v) is 1.45. The molecule has 0 aromatic heterocycles. The van der Waals surface area contributed by atoms with Crippen LogP contribution < -0.4 is 0 Å². The summed E-state index contributed by atoms with van der Waals surface area (Å²) in [4.78, 5) is 21.9. The Kier molecular flexibility index (Phi) is 2.04. The number of hydrogen-bond acceptors (Lipinski definition) is 3. The summed E-state index contributed by atoms with van der Waals surface area (Å²) < 4.78 is 4.94. The second-order valence-electron chi connectivity index (χ2n) is 3.36. The lowest BCUT2D eigenvalue weighted by Gasteiger charge is -2.21. The zero-order valence-corrected chi connectivity index (χ0v) is 7.51. The van der Waals surface area contributed by atoms with Gasteiger partial charge in [-0.2, -0.15) is 0 Å². The molecule has 0 heterocycles. The van der Waals surface area contributed by atoms with Crippen molar-refractivity contribution in [1.82, 2.24) is 0 Å². The van der Waals surface area contributed by atoms with Crippen LogP contribution in [0, 0.1) is 0 Å². The molecule has 0 saturated heterocycles. The molecule has 1 rings (SSSR count). The zero-order valence-electron chi connectivity index (χ0n) is 7.51. The van der Waals surface area contributed by atoms with Crippen LogP contribution in [0.15, 0.2) is 11.6 Å². The average molecular weight is 168 g/mol. The SMILES string of the molecule is CC(=O)OC1(C)CC(C)=CC1=O. The minimum Gasteiger partial charge on any atom is -0.451 e. The van der Waals surface area contributed by atoms with Crippen LogP contribution >= 0.6 is 0 Å². The molecule has 0 bridgehead atoms. The number of ether oxygens (including phenoxy) is 1. The summed E-state index contributed by atoms with van der Waals surface area (Å²) in [5.41, 5.74) is 0.0272. The first kappa shape index (κ1) is 8.97. The van der Waals surface area contributed by atoms with Crippen molar-refractivity contribution >= 4 is 11.8 Å². The molecule has 0 amide bonds. The number of esters is 1. The number of carbonyl (C=O) groups excluding carboxylic acids is 2. The lowest BCUT2D eigenvalue weighted by Crippen LogP contribution is -2.35. The molecule has 0 aromatic rings. The Morgan fingerprint density at radius 2 is 2.25 bits per heavy atom. The van der Waals surface area contributed by atoms with Crippen LogP contribution in [0.1, 0.15) is 27.2 Å². The molecule has 0 N–H and O–H groups in total. The molecular formula is C9H12O3. The quantitative estimate of drug-likeness (QED) is 0.553. The standard InChI is InChI=1S/C9H12O3/c1-6-4-8(11)9(3,5-6)12-7(2)10/h4H,5H2,1-3H3. The summed E-state index contributed by atoms with van der Waals surface area (Å²) in [6.45, 7) is 4.81. The van der Waals surface area contributed by atoms with Crippen molar-refractivity contribution in [2.24, 2.45) is 0 Å². The van der Waals surface area contributed by atoms with Gasteiger partial charge in [0.05, 0.1) is 0 Å². The molecule has 1 aliphatic carbocycles. The minimum atomic E-state index is -0.935. The van der Waals surface area contributed by atoms with E-state index in [4.69, 9.17) is 4.74 Å². The van der Waals surface area contributed by atoms with E-state index in [-0.39, 0.29) is 5.78 Å². The molecule has 3 heteroatoms. The normalized spacial score (nSPS) is 28.6. The van der Waals surface area contributed by atoms with Crippen molar-refractivity contribution in [2.45, 2.75) is 32.8 Å². The van der Waals surface area contributed by atoms with Crippen molar-refractivity contribution in [3.8, 4) is 0 Å². The largest absolute Gasteiger partial charge is 0.451 e. The molecule has 0 aromatic carbocycles. The Balaban J connectivity index is 2.76. The Hall–Kier alpha value is -1.12. The van der Waals surface area contributed by atoms with E-state index in [0.717, 1.165) is 5.57 Å². The molecule has 3 nitrogen and oxygen atoms in total. The van der Waals surface area contributed by atoms with Crippen molar-refractivity contribution in [3.63, 3.8) is 0 Å². The summed E-state index contributed by atoms with van der Waals surface area (Å²) in [6.07, 6.45) is 2.05.